The van der Waals surface area contributed by atoms with Crippen LogP contribution in [0.2, 0.25) is 0 Å². The van der Waals surface area contributed by atoms with Gasteiger partial charge in [0.05, 0.1) is 36.1 Å². The predicted octanol–water partition coefficient (Wildman–Crippen LogP) is 5.12. The molecule has 2 heterocycles. The van der Waals surface area contributed by atoms with Crippen LogP contribution in [0.4, 0.5) is 24.5 Å². The van der Waals surface area contributed by atoms with Crippen LogP contribution >= 0.6 is 11.8 Å². The first-order valence-corrected chi connectivity index (χ1v) is 11.4. The fraction of sp³-hybridized carbons (Fsp3) is 0.435. The minimum Gasteiger partial charge on any atom is -0.481 e. The number of carbonyl (C=O) groups is 1. The summed E-state index contributed by atoms with van der Waals surface area (Å²) in [6, 6.07) is 11.5. The lowest BCUT2D eigenvalue weighted by Gasteiger charge is -2.33. The first-order valence-electron chi connectivity index (χ1n) is 10.6. The second-order valence-electron chi connectivity index (χ2n) is 7.99. The van der Waals surface area contributed by atoms with Gasteiger partial charge in [-0.2, -0.15) is 13.2 Å². The molecule has 0 radical (unpaired) electrons. The zero-order valence-electron chi connectivity index (χ0n) is 17.5. The molecule has 0 aliphatic carbocycles. The average Bonchev–Trinajstić information content (AvgIpc) is 2.77. The summed E-state index contributed by atoms with van der Waals surface area (Å²) >= 11 is 1.47. The topological polar surface area (TPSA) is 53.0 Å². The van der Waals surface area contributed by atoms with E-state index in [1.165, 1.54) is 23.9 Å². The number of carboxylic acids is 1. The van der Waals surface area contributed by atoms with E-state index >= 15 is 0 Å². The highest BCUT2D eigenvalue weighted by Gasteiger charge is 2.33. The Bertz CT molecular complexity index is 970. The number of carboxylic acid groups (broad SMARTS) is 1. The molecule has 5 nitrogen and oxygen atoms in total. The van der Waals surface area contributed by atoms with Crippen molar-refractivity contribution in [3.63, 3.8) is 0 Å². The first-order chi connectivity index (χ1) is 15.3. The normalized spacial score (nSPS) is 18.8. The van der Waals surface area contributed by atoms with Crippen LogP contribution in [-0.4, -0.2) is 55.4 Å². The molecule has 4 rings (SSSR count). The molecule has 32 heavy (non-hydrogen) atoms. The van der Waals surface area contributed by atoms with Crippen LogP contribution in [-0.2, 0) is 15.7 Å². The van der Waals surface area contributed by atoms with Crippen molar-refractivity contribution in [3.8, 4) is 0 Å². The summed E-state index contributed by atoms with van der Waals surface area (Å²) in [5.41, 5.74) is 0.737. The Labute approximate surface area is 189 Å². The number of halogens is 3. The third-order valence-electron chi connectivity index (χ3n) is 5.82. The second kappa shape index (κ2) is 9.72. The summed E-state index contributed by atoms with van der Waals surface area (Å²) in [5.74, 6) is -1.08. The van der Waals surface area contributed by atoms with Gasteiger partial charge >= 0.3 is 12.1 Å². The Balaban J connectivity index is 1.39. The number of alkyl halides is 3. The minimum absolute atomic E-state index is 0.328. The number of anilines is 2. The predicted molar refractivity (Wildman–Crippen MR) is 117 cm³/mol. The number of aliphatic carboxylic acids is 1. The van der Waals surface area contributed by atoms with Crippen LogP contribution in [0.1, 0.15) is 18.4 Å². The zero-order chi connectivity index (χ0) is 22.7. The van der Waals surface area contributed by atoms with Gasteiger partial charge in [0.15, 0.2) is 0 Å². The van der Waals surface area contributed by atoms with Crippen molar-refractivity contribution in [3.05, 3.63) is 48.0 Å². The van der Waals surface area contributed by atoms with Crippen LogP contribution in [0.15, 0.2) is 52.3 Å². The Morgan fingerprint density at radius 1 is 1.09 bits per heavy atom. The number of fused-ring (bicyclic) bond motifs is 2. The Hall–Kier alpha value is -2.23. The molecular formula is C23H25F3N2O3S. The van der Waals surface area contributed by atoms with Crippen LogP contribution in [0.25, 0.3) is 0 Å². The van der Waals surface area contributed by atoms with Gasteiger partial charge in [0.2, 0.25) is 0 Å². The smallest absolute Gasteiger partial charge is 0.416 e. The van der Waals surface area contributed by atoms with Gasteiger partial charge in [0, 0.05) is 29.4 Å². The molecule has 2 aliphatic heterocycles. The Morgan fingerprint density at radius 3 is 2.62 bits per heavy atom. The van der Waals surface area contributed by atoms with Crippen molar-refractivity contribution in [2.45, 2.75) is 28.8 Å². The molecule has 0 saturated carbocycles. The lowest BCUT2D eigenvalue weighted by molar-refractivity contribution is -0.143. The fourth-order valence-electron chi connectivity index (χ4n) is 4.16. The summed E-state index contributed by atoms with van der Waals surface area (Å²) in [4.78, 5) is 17.0. The highest BCUT2D eigenvalue weighted by molar-refractivity contribution is 7.99. The van der Waals surface area contributed by atoms with Gasteiger partial charge in [0.25, 0.3) is 0 Å². The van der Waals surface area contributed by atoms with E-state index in [1.54, 1.807) is 0 Å². The third kappa shape index (κ3) is 5.22. The number of rotatable bonds is 7. The zero-order valence-corrected chi connectivity index (χ0v) is 18.3. The number of ether oxygens (including phenoxy) is 1. The van der Waals surface area contributed by atoms with Crippen molar-refractivity contribution in [1.29, 1.82) is 0 Å². The Morgan fingerprint density at radius 2 is 1.84 bits per heavy atom. The van der Waals surface area contributed by atoms with Crippen molar-refractivity contribution in [2.75, 3.05) is 44.3 Å². The van der Waals surface area contributed by atoms with Crippen molar-refractivity contribution in [1.82, 2.24) is 4.90 Å². The first kappa shape index (κ1) is 22.9. The molecule has 1 N–H and O–H groups in total. The van der Waals surface area contributed by atoms with Crippen molar-refractivity contribution >= 4 is 29.1 Å². The standard InChI is InChI=1S/C23H25F3N2O3S/c24-23(25,26)17-7-8-21-19(14-17)28(18-5-1-2-6-20(18)32-21)11-13-31-12-10-27-9-3-4-16(15-27)22(29)30/h1-2,5-8,14,16H,3-4,9-13,15H2,(H,29,30)/t16-/m1/s1. The molecule has 9 heteroatoms. The molecule has 1 saturated heterocycles. The van der Waals surface area contributed by atoms with E-state index < -0.39 is 17.7 Å². The molecule has 172 valence electrons. The number of nitrogens with zero attached hydrogens (tertiary/aromatic N) is 2. The largest absolute Gasteiger partial charge is 0.481 e. The van der Waals surface area contributed by atoms with E-state index in [1.807, 2.05) is 29.2 Å². The maximum atomic E-state index is 13.3. The van der Waals surface area contributed by atoms with Gasteiger partial charge in [-0.3, -0.25) is 4.79 Å². The highest BCUT2D eigenvalue weighted by atomic mass is 32.2. The average molecular weight is 467 g/mol. The lowest BCUT2D eigenvalue weighted by Crippen LogP contribution is -2.40. The number of benzene rings is 2. The molecule has 2 aromatic carbocycles. The van der Waals surface area contributed by atoms with Crippen molar-refractivity contribution in [2.24, 2.45) is 5.92 Å². The molecule has 0 bridgehead atoms. The monoisotopic (exact) mass is 466 g/mol. The molecule has 2 aromatic rings. The second-order valence-corrected chi connectivity index (χ2v) is 9.08. The van der Waals surface area contributed by atoms with Gasteiger partial charge in [0.1, 0.15) is 0 Å². The van der Waals surface area contributed by atoms with Gasteiger partial charge in [-0.25, -0.2) is 0 Å². The molecule has 0 aromatic heterocycles. The molecule has 1 fully saturated rings. The molecule has 2 aliphatic rings. The van der Waals surface area contributed by atoms with Crippen LogP contribution < -0.4 is 4.90 Å². The van der Waals surface area contributed by atoms with Gasteiger partial charge in [-0.1, -0.05) is 23.9 Å². The van der Waals surface area contributed by atoms with E-state index in [-0.39, 0.29) is 5.92 Å². The summed E-state index contributed by atoms with van der Waals surface area (Å²) in [6.45, 7) is 3.26. The molecule has 0 spiro atoms. The summed E-state index contributed by atoms with van der Waals surface area (Å²) in [5, 5.41) is 9.20. The molecule has 0 unspecified atom stereocenters. The van der Waals surface area contributed by atoms with Crippen LogP contribution in [0.3, 0.4) is 0 Å². The Kier molecular flexibility index (Phi) is 6.97. The number of likely N-dealkylation sites (tertiary alicyclic amines) is 1. The van der Waals surface area contributed by atoms with E-state index in [9.17, 15) is 23.1 Å². The SMILES string of the molecule is O=C(O)[C@@H]1CCCN(CCOCCN2c3ccccc3Sc3ccc(C(F)(F)F)cc32)C1. The number of hydrogen-bond donors (Lipinski definition) is 1. The van der Waals surface area contributed by atoms with E-state index in [4.69, 9.17) is 4.74 Å². The quantitative estimate of drug-likeness (QED) is 0.572. The molecule has 0 amide bonds. The summed E-state index contributed by atoms with van der Waals surface area (Å²) in [7, 11) is 0. The van der Waals surface area contributed by atoms with E-state index in [2.05, 4.69) is 4.90 Å². The van der Waals surface area contributed by atoms with Crippen LogP contribution in [0, 0.1) is 5.92 Å². The number of piperidine rings is 1. The minimum atomic E-state index is -4.40. The lowest BCUT2D eigenvalue weighted by atomic mass is 9.98. The maximum absolute atomic E-state index is 13.3. The molecule has 1 atom stereocenters. The number of para-hydroxylation sites is 1. The van der Waals surface area contributed by atoms with Crippen molar-refractivity contribution < 1.29 is 27.8 Å². The van der Waals surface area contributed by atoms with E-state index in [0.29, 0.717) is 45.0 Å². The van der Waals surface area contributed by atoms with Gasteiger partial charge in [-0.15, -0.1) is 0 Å². The van der Waals surface area contributed by atoms with Crippen LogP contribution in [0.5, 0.6) is 0 Å². The maximum Gasteiger partial charge on any atom is 0.416 e. The van der Waals surface area contributed by atoms with Gasteiger partial charge in [-0.05, 0) is 49.7 Å². The highest BCUT2D eigenvalue weighted by Crippen LogP contribution is 2.49. The van der Waals surface area contributed by atoms with Gasteiger partial charge < -0.3 is 19.6 Å². The third-order valence-corrected chi connectivity index (χ3v) is 6.95. The summed E-state index contributed by atoms with van der Waals surface area (Å²) < 4.78 is 45.7. The van der Waals surface area contributed by atoms with E-state index in [0.717, 1.165) is 34.5 Å². The summed E-state index contributed by atoms with van der Waals surface area (Å²) in [6.07, 6.45) is -2.84. The fourth-order valence-corrected chi connectivity index (χ4v) is 5.23. The molecular weight excluding hydrogens is 441 g/mol. The number of hydrogen-bond acceptors (Lipinski definition) is 5.